The van der Waals surface area contributed by atoms with Crippen molar-refractivity contribution in [1.29, 1.82) is 0 Å². The molecule has 70 valence electrons. The molecule has 1 aromatic carbocycles. The highest BCUT2D eigenvalue weighted by molar-refractivity contribution is 5.40. The fourth-order valence-corrected chi connectivity index (χ4v) is 2.21. The van der Waals surface area contributed by atoms with Crippen LogP contribution in [0.2, 0.25) is 0 Å². The highest BCUT2D eigenvalue weighted by atomic mass is 16.3. The van der Waals surface area contributed by atoms with E-state index in [4.69, 9.17) is 0 Å². The van der Waals surface area contributed by atoms with Crippen molar-refractivity contribution >= 4 is 0 Å². The van der Waals surface area contributed by atoms with Gasteiger partial charge >= 0.3 is 0 Å². The average molecular weight is 176 g/mol. The van der Waals surface area contributed by atoms with Crippen LogP contribution in [0.1, 0.15) is 30.9 Å². The molecule has 0 spiro atoms. The number of phenols is 1. The minimum absolute atomic E-state index is 0.493. The molecule has 2 rings (SSSR count). The molecular weight excluding hydrogens is 160 g/mol. The summed E-state index contributed by atoms with van der Waals surface area (Å²) in [6, 6.07) is 5.90. The Labute approximate surface area is 79.4 Å². The zero-order valence-corrected chi connectivity index (χ0v) is 8.09. The third-order valence-corrected chi connectivity index (χ3v) is 3.14. The lowest BCUT2D eigenvalue weighted by Crippen LogP contribution is -2.13. The standard InChI is InChI=1S/C12H16O/c1-2-9-6-7-11-10(8-9)4-3-5-12(11)13/h3-5,9,13H,2,6-8H2,1H3/t9-/m0/s1. The number of aromatic hydroxyl groups is 1. The molecule has 1 aliphatic rings. The highest BCUT2D eigenvalue weighted by Crippen LogP contribution is 2.32. The summed E-state index contributed by atoms with van der Waals surface area (Å²) in [5, 5.41) is 9.62. The van der Waals surface area contributed by atoms with E-state index in [9.17, 15) is 5.11 Å². The third kappa shape index (κ3) is 1.55. The molecule has 0 saturated heterocycles. The predicted octanol–water partition coefficient (Wildman–Crippen LogP) is 2.91. The van der Waals surface area contributed by atoms with E-state index in [0.717, 1.165) is 18.8 Å². The summed E-state index contributed by atoms with van der Waals surface area (Å²) >= 11 is 0. The Morgan fingerprint density at radius 2 is 2.31 bits per heavy atom. The molecular formula is C12H16O. The van der Waals surface area contributed by atoms with Crippen LogP contribution >= 0.6 is 0 Å². The van der Waals surface area contributed by atoms with Gasteiger partial charge in [0.1, 0.15) is 5.75 Å². The van der Waals surface area contributed by atoms with Crippen molar-refractivity contribution in [3.05, 3.63) is 29.3 Å². The largest absolute Gasteiger partial charge is 0.508 e. The van der Waals surface area contributed by atoms with Crippen LogP contribution in [0.25, 0.3) is 0 Å². The summed E-state index contributed by atoms with van der Waals surface area (Å²) in [6.45, 7) is 2.25. The lowest BCUT2D eigenvalue weighted by Gasteiger charge is -2.23. The first kappa shape index (κ1) is 8.61. The molecule has 0 aromatic heterocycles. The van der Waals surface area contributed by atoms with Crippen molar-refractivity contribution in [2.45, 2.75) is 32.6 Å². The van der Waals surface area contributed by atoms with Crippen LogP contribution in [0.5, 0.6) is 5.75 Å². The molecule has 0 radical (unpaired) electrons. The summed E-state index contributed by atoms with van der Waals surface area (Å²) in [5.41, 5.74) is 2.55. The van der Waals surface area contributed by atoms with Crippen molar-refractivity contribution in [3.63, 3.8) is 0 Å². The summed E-state index contributed by atoms with van der Waals surface area (Å²) in [7, 11) is 0. The van der Waals surface area contributed by atoms with Gasteiger partial charge in [-0.3, -0.25) is 0 Å². The van der Waals surface area contributed by atoms with Crippen molar-refractivity contribution in [2.24, 2.45) is 5.92 Å². The van der Waals surface area contributed by atoms with E-state index in [1.54, 1.807) is 6.07 Å². The number of rotatable bonds is 1. The molecule has 0 fully saturated rings. The maximum Gasteiger partial charge on any atom is 0.119 e. The van der Waals surface area contributed by atoms with E-state index in [1.807, 2.05) is 6.07 Å². The Hall–Kier alpha value is -0.980. The molecule has 1 aromatic rings. The van der Waals surface area contributed by atoms with Crippen molar-refractivity contribution < 1.29 is 5.11 Å². The third-order valence-electron chi connectivity index (χ3n) is 3.14. The molecule has 13 heavy (non-hydrogen) atoms. The second-order valence-corrected chi connectivity index (χ2v) is 3.93. The van der Waals surface area contributed by atoms with Crippen LogP contribution in [0.15, 0.2) is 18.2 Å². The zero-order valence-electron chi connectivity index (χ0n) is 8.09. The fraction of sp³-hybridized carbons (Fsp3) is 0.500. The van der Waals surface area contributed by atoms with Gasteiger partial charge in [-0.05, 0) is 42.4 Å². The highest BCUT2D eigenvalue weighted by Gasteiger charge is 2.18. The van der Waals surface area contributed by atoms with Gasteiger partial charge in [-0.2, -0.15) is 0 Å². The van der Waals surface area contributed by atoms with E-state index < -0.39 is 0 Å². The number of hydrogen-bond acceptors (Lipinski definition) is 1. The molecule has 0 unspecified atom stereocenters. The summed E-state index contributed by atoms with van der Waals surface area (Å²) in [4.78, 5) is 0. The minimum atomic E-state index is 0.493. The molecule has 0 heterocycles. The Balaban J connectivity index is 2.31. The fourth-order valence-electron chi connectivity index (χ4n) is 2.21. The van der Waals surface area contributed by atoms with Crippen LogP contribution < -0.4 is 0 Å². The summed E-state index contributed by atoms with van der Waals surface area (Å²) in [5.74, 6) is 1.32. The monoisotopic (exact) mass is 176 g/mol. The van der Waals surface area contributed by atoms with Gasteiger partial charge in [-0.25, -0.2) is 0 Å². The van der Waals surface area contributed by atoms with Gasteiger partial charge < -0.3 is 5.11 Å². The first-order chi connectivity index (χ1) is 6.31. The van der Waals surface area contributed by atoms with Crippen molar-refractivity contribution in [1.82, 2.24) is 0 Å². The molecule has 0 aliphatic heterocycles. The van der Waals surface area contributed by atoms with Gasteiger partial charge in [0.05, 0.1) is 0 Å². The average Bonchev–Trinajstić information content (AvgIpc) is 2.18. The first-order valence-corrected chi connectivity index (χ1v) is 5.11. The van der Waals surface area contributed by atoms with Gasteiger partial charge in [0.2, 0.25) is 0 Å². The maximum absolute atomic E-state index is 9.62. The maximum atomic E-state index is 9.62. The second-order valence-electron chi connectivity index (χ2n) is 3.93. The van der Waals surface area contributed by atoms with E-state index in [0.29, 0.717) is 5.75 Å². The minimum Gasteiger partial charge on any atom is -0.508 e. The van der Waals surface area contributed by atoms with E-state index in [-0.39, 0.29) is 0 Å². The van der Waals surface area contributed by atoms with E-state index in [1.165, 1.54) is 24.0 Å². The predicted molar refractivity (Wildman–Crippen MR) is 53.9 cm³/mol. The second kappa shape index (κ2) is 3.41. The number of phenolic OH excluding ortho intramolecular Hbond substituents is 1. The zero-order chi connectivity index (χ0) is 9.26. The number of hydrogen-bond donors (Lipinski definition) is 1. The smallest absolute Gasteiger partial charge is 0.119 e. The summed E-state index contributed by atoms with van der Waals surface area (Å²) < 4.78 is 0. The number of benzene rings is 1. The van der Waals surface area contributed by atoms with Crippen LogP contribution in [0.4, 0.5) is 0 Å². The SMILES string of the molecule is CC[C@H]1CCc2c(O)cccc2C1. The van der Waals surface area contributed by atoms with E-state index in [2.05, 4.69) is 13.0 Å². The molecule has 1 atom stereocenters. The van der Waals surface area contributed by atoms with Crippen LogP contribution in [0.3, 0.4) is 0 Å². The Bertz CT molecular complexity index is 304. The molecule has 0 amide bonds. The molecule has 1 nitrogen and oxygen atoms in total. The van der Waals surface area contributed by atoms with Crippen molar-refractivity contribution in [2.75, 3.05) is 0 Å². The molecule has 1 heteroatoms. The Morgan fingerprint density at radius 3 is 3.08 bits per heavy atom. The molecule has 1 N–H and O–H groups in total. The molecule has 1 aliphatic carbocycles. The van der Waals surface area contributed by atoms with Crippen molar-refractivity contribution in [3.8, 4) is 5.75 Å². The van der Waals surface area contributed by atoms with Crippen LogP contribution in [-0.2, 0) is 12.8 Å². The van der Waals surface area contributed by atoms with Gasteiger partial charge in [0, 0.05) is 0 Å². The first-order valence-electron chi connectivity index (χ1n) is 5.11. The lowest BCUT2D eigenvalue weighted by atomic mass is 9.82. The summed E-state index contributed by atoms with van der Waals surface area (Å²) in [6.07, 6.45) is 4.71. The molecule has 0 bridgehead atoms. The van der Waals surface area contributed by atoms with Gasteiger partial charge in [0.15, 0.2) is 0 Å². The lowest BCUT2D eigenvalue weighted by molar-refractivity contribution is 0.420. The topological polar surface area (TPSA) is 20.2 Å². The van der Waals surface area contributed by atoms with Gasteiger partial charge in [0.25, 0.3) is 0 Å². The van der Waals surface area contributed by atoms with Gasteiger partial charge in [-0.15, -0.1) is 0 Å². The van der Waals surface area contributed by atoms with E-state index >= 15 is 0 Å². The quantitative estimate of drug-likeness (QED) is 0.697. The van der Waals surface area contributed by atoms with Crippen LogP contribution in [0, 0.1) is 5.92 Å². The normalized spacial score (nSPS) is 21.2. The Kier molecular flexibility index (Phi) is 2.26. The molecule has 0 saturated carbocycles. The number of fused-ring (bicyclic) bond motifs is 1. The Morgan fingerprint density at radius 1 is 1.46 bits per heavy atom. The van der Waals surface area contributed by atoms with Crippen LogP contribution in [-0.4, -0.2) is 5.11 Å². The van der Waals surface area contributed by atoms with Gasteiger partial charge in [-0.1, -0.05) is 25.5 Å².